The minimum atomic E-state index is 0.651. The molecule has 2 heterocycles. The van der Waals surface area contributed by atoms with Gasteiger partial charge >= 0.3 is 0 Å². The van der Waals surface area contributed by atoms with Crippen LogP contribution in [-0.4, -0.2) is 41.3 Å². The number of rotatable bonds is 3. The number of anilines is 1. The molecule has 4 nitrogen and oxygen atoms in total. The Labute approximate surface area is 95.8 Å². The molecule has 0 amide bonds. The number of hydrogen-bond acceptors (Lipinski definition) is 5. The molecule has 0 bridgehead atoms. The summed E-state index contributed by atoms with van der Waals surface area (Å²) in [5.41, 5.74) is 0. The molecule has 14 heavy (non-hydrogen) atoms. The lowest BCUT2D eigenvalue weighted by molar-refractivity contribution is 0.322. The average Bonchev–Trinajstić information content (AvgIpc) is 2.72. The molecule has 1 N–H and O–H groups in total. The molecule has 0 radical (unpaired) electrons. The van der Waals surface area contributed by atoms with Crippen molar-refractivity contribution >= 4 is 32.4 Å². The van der Waals surface area contributed by atoms with Gasteiger partial charge in [0.15, 0.2) is 3.92 Å². The summed E-state index contributed by atoms with van der Waals surface area (Å²) in [6.45, 7) is 2.18. The molecule has 0 aromatic carbocycles. The van der Waals surface area contributed by atoms with E-state index in [2.05, 4.69) is 43.4 Å². The maximum Gasteiger partial charge on any atom is 0.206 e. The summed E-state index contributed by atoms with van der Waals surface area (Å²) in [6, 6.07) is 0.651. The first kappa shape index (κ1) is 10.3. The Morgan fingerprint density at radius 2 is 2.50 bits per heavy atom. The van der Waals surface area contributed by atoms with E-state index in [0.717, 1.165) is 15.6 Å². The normalized spacial score (nSPS) is 22.9. The lowest BCUT2D eigenvalue weighted by Gasteiger charge is -2.18. The van der Waals surface area contributed by atoms with Gasteiger partial charge in [0.25, 0.3) is 0 Å². The number of nitrogens with one attached hydrogen (secondary N) is 1. The Kier molecular flexibility index (Phi) is 3.35. The highest BCUT2D eigenvalue weighted by atomic mass is 79.9. The molecule has 1 atom stereocenters. The Morgan fingerprint density at radius 1 is 1.64 bits per heavy atom. The zero-order valence-corrected chi connectivity index (χ0v) is 10.4. The van der Waals surface area contributed by atoms with Gasteiger partial charge in [0, 0.05) is 12.6 Å². The van der Waals surface area contributed by atoms with E-state index >= 15 is 0 Å². The van der Waals surface area contributed by atoms with Crippen LogP contribution in [0.3, 0.4) is 0 Å². The number of hydrogen-bond donors (Lipinski definition) is 1. The van der Waals surface area contributed by atoms with Crippen LogP contribution in [0.5, 0.6) is 0 Å². The molecule has 0 saturated carbocycles. The van der Waals surface area contributed by atoms with Crippen LogP contribution in [0.1, 0.15) is 12.8 Å². The van der Waals surface area contributed by atoms with Gasteiger partial charge in [-0.05, 0) is 42.4 Å². The Morgan fingerprint density at radius 3 is 3.07 bits per heavy atom. The SMILES string of the molecule is CN1CCCC1CNc1nnc(Br)s1. The predicted octanol–water partition coefficient (Wildman–Crippen LogP) is 1.81. The monoisotopic (exact) mass is 276 g/mol. The van der Waals surface area contributed by atoms with Crippen LogP contribution in [-0.2, 0) is 0 Å². The molecular weight excluding hydrogens is 264 g/mol. The first-order chi connectivity index (χ1) is 6.75. The Hall–Kier alpha value is -0.200. The zero-order valence-electron chi connectivity index (χ0n) is 8.03. The summed E-state index contributed by atoms with van der Waals surface area (Å²) in [4.78, 5) is 2.39. The van der Waals surface area contributed by atoms with Gasteiger partial charge in [0.2, 0.25) is 5.13 Å². The summed E-state index contributed by atoms with van der Waals surface area (Å²) < 4.78 is 0.833. The second kappa shape index (κ2) is 4.55. The highest BCUT2D eigenvalue weighted by Crippen LogP contribution is 2.21. The molecule has 1 aromatic rings. The van der Waals surface area contributed by atoms with Crippen molar-refractivity contribution in [3.63, 3.8) is 0 Å². The van der Waals surface area contributed by atoms with Gasteiger partial charge in [-0.3, -0.25) is 0 Å². The quantitative estimate of drug-likeness (QED) is 0.914. The van der Waals surface area contributed by atoms with Gasteiger partial charge < -0.3 is 10.2 Å². The third kappa shape index (κ3) is 2.43. The first-order valence-corrected chi connectivity index (χ1v) is 6.30. The molecule has 1 aliphatic heterocycles. The maximum atomic E-state index is 3.99. The molecule has 1 fully saturated rings. The van der Waals surface area contributed by atoms with Crippen molar-refractivity contribution in [1.82, 2.24) is 15.1 Å². The molecular formula is C8H13BrN4S. The van der Waals surface area contributed by atoms with Crippen molar-refractivity contribution in [3.8, 4) is 0 Å². The lowest BCUT2D eigenvalue weighted by atomic mass is 10.2. The van der Waals surface area contributed by atoms with Crippen LogP contribution in [0.2, 0.25) is 0 Å². The van der Waals surface area contributed by atoms with E-state index in [0.29, 0.717) is 6.04 Å². The minimum Gasteiger partial charge on any atom is -0.358 e. The molecule has 0 spiro atoms. The summed E-state index contributed by atoms with van der Waals surface area (Å²) >= 11 is 4.83. The third-order valence-corrected chi connectivity index (χ3v) is 3.87. The zero-order chi connectivity index (χ0) is 9.97. The summed E-state index contributed by atoms with van der Waals surface area (Å²) in [5.74, 6) is 0. The lowest BCUT2D eigenvalue weighted by Crippen LogP contribution is -2.31. The van der Waals surface area contributed by atoms with Gasteiger partial charge in [-0.25, -0.2) is 0 Å². The summed E-state index contributed by atoms with van der Waals surface area (Å²) in [6.07, 6.45) is 2.59. The van der Waals surface area contributed by atoms with Crippen molar-refractivity contribution in [1.29, 1.82) is 0 Å². The number of nitrogens with zero attached hydrogens (tertiary/aromatic N) is 3. The summed E-state index contributed by atoms with van der Waals surface area (Å²) in [7, 11) is 2.18. The molecule has 6 heteroatoms. The smallest absolute Gasteiger partial charge is 0.206 e. The van der Waals surface area contributed by atoms with Crippen molar-refractivity contribution in [2.24, 2.45) is 0 Å². The molecule has 1 aliphatic rings. The molecule has 1 aromatic heterocycles. The fraction of sp³-hybridized carbons (Fsp3) is 0.750. The van der Waals surface area contributed by atoms with Crippen LogP contribution in [0.15, 0.2) is 3.92 Å². The fourth-order valence-corrected chi connectivity index (χ4v) is 2.74. The maximum absolute atomic E-state index is 3.99. The van der Waals surface area contributed by atoms with E-state index in [1.54, 1.807) is 0 Å². The summed E-state index contributed by atoms with van der Waals surface area (Å²) in [5, 5.41) is 12.1. The highest BCUT2D eigenvalue weighted by molar-refractivity contribution is 9.11. The number of aromatic nitrogens is 2. The van der Waals surface area contributed by atoms with Crippen LogP contribution in [0.25, 0.3) is 0 Å². The van der Waals surface area contributed by atoms with Crippen molar-refractivity contribution in [2.75, 3.05) is 25.5 Å². The molecule has 78 valence electrons. The minimum absolute atomic E-state index is 0.651. The van der Waals surface area contributed by atoms with Crippen LogP contribution >= 0.6 is 27.3 Å². The largest absolute Gasteiger partial charge is 0.358 e. The predicted molar refractivity (Wildman–Crippen MR) is 61.8 cm³/mol. The Balaban J connectivity index is 1.82. The van der Waals surface area contributed by atoms with Crippen LogP contribution in [0.4, 0.5) is 5.13 Å². The van der Waals surface area contributed by atoms with Crippen molar-refractivity contribution in [2.45, 2.75) is 18.9 Å². The van der Waals surface area contributed by atoms with Crippen LogP contribution in [0, 0.1) is 0 Å². The molecule has 1 saturated heterocycles. The van der Waals surface area contributed by atoms with Gasteiger partial charge in [-0.2, -0.15) is 0 Å². The molecule has 1 unspecified atom stereocenters. The van der Waals surface area contributed by atoms with Gasteiger partial charge in [0.05, 0.1) is 0 Å². The van der Waals surface area contributed by atoms with Crippen molar-refractivity contribution in [3.05, 3.63) is 3.92 Å². The fourth-order valence-electron chi connectivity index (χ4n) is 1.72. The topological polar surface area (TPSA) is 41.0 Å². The van der Waals surface area contributed by atoms with Gasteiger partial charge in [-0.15, -0.1) is 10.2 Å². The van der Waals surface area contributed by atoms with Crippen molar-refractivity contribution < 1.29 is 0 Å². The third-order valence-electron chi connectivity index (χ3n) is 2.56. The standard InChI is InChI=1S/C8H13BrN4S/c1-13-4-2-3-6(13)5-10-8-12-11-7(9)14-8/h6H,2-5H2,1H3,(H,10,12). The molecule has 0 aliphatic carbocycles. The van der Waals surface area contributed by atoms with Gasteiger partial charge in [-0.1, -0.05) is 11.3 Å². The molecule has 2 rings (SSSR count). The highest BCUT2D eigenvalue weighted by Gasteiger charge is 2.20. The number of likely N-dealkylation sites (N-methyl/N-ethyl adjacent to an activating group) is 1. The number of halogens is 1. The second-order valence-electron chi connectivity index (χ2n) is 3.52. The number of likely N-dealkylation sites (tertiary alicyclic amines) is 1. The van der Waals surface area contributed by atoms with Crippen LogP contribution < -0.4 is 5.32 Å². The van der Waals surface area contributed by atoms with Gasteiger partial charge in [0.1, 0.15) is 0 Å². The van der Waals surface area contributed by atoms with E-state index in [1.807, 2.05) is 0 Å². The first-order valence-electron chi connectivity index (χ1n) is 4.69. The Bertz CT molecular complexity index is 303. The van der Waals surface area contributed by atoms with E-state index < -0.39 is 0 Å². The average molecular weight is 277 g/mol. The van der Waals surface area contributed by atoms with E-state index in [9.17, 15) is 0 Å². The second-order valence-corrected chi connectivity index (χ2v) is 5.77. The van der Waals surface area contributed by atoms with E-state index in [1.165, 1.54) is 30.7 Å². The van der Waals surface area contributed by atoms with E-state index in [4.69, 9.17) is 0 Å². The van der Waals surface area contributed by atoms with E-state index in [-0.39, 0.29) is 0 Å².